The second kappa shape index (κ2) is 6.62. The van der Waals surface area contributed by atoms with Gasteiger partial charge in [-0.2, -0.15) is 4.31 Å². The number of hydrogen-bond acceptors (Lipinski definition) is 5. The van der Waals surface area contributed by atoms with Crippen molar-refractivity contribution in [2.24, 2.45) is 5.92 Å². The standard InChI is InChI=1S/C12H18ClN3O3S2/c1-9(2)8-15(4-6-19-3)21(17,18)11-10(13)14-12-16(11)5-7-20-12/h5,7,9H,4,6,8H2,1-3H3. The maximum atomic E-state index is 12.9. The highest BCUT2D eigenvalue weighted by atomic mass is 35.5. The summed E-state index contributed by atoms with van der Waals surface area (Å²) in [5, 5.41) is 1.81. The molecule has 0 bridgehead atoms. The molecule has 9 heteroatoms. The third kappa shape index (κ3) is 3.40. The number of hydrogen-bond donors (Lipinski definition) is 0. The zero-order valence-electron chi connectivity index (χ0n) is 12.1. The molecule has 0 radical (unpaired) electrons. The predicted molar refractivity (Wildman–Crippen MR) is 83.6 cm³/mol. The monoisotopic (exact) mass is 351 g/mol. The van der Waals surface area contributed by atoms with Crippen molar-refractivity contribution in [3.8, 4) is 0 Å². The summed E-state index contributed by atoms with van der Waals surface area (Å²) >= 11 is 7.39. The van der Waals surface area contributed by atoms with Crippen LogP contribution in [-0.2, 0) is 14.8 Å². The van der Waals surface area contributed by atoms with Crippen LogP contribution in [0.1, 0.15) is 13.8 Å². The first-order valence-electron chi connectivity index (χ1n) is 6.48. The van der Waals surface area contributed by atoms with Crippen LogP contribution in [-0.4, -0.2) is 48.9 Å². The number of halogens is 1. The van der Waals surface area contributed by atoms with Crippen LogP contribution in [0.4, 0.5) is 0 Å². The summed E-state index contributed by atoms with van der Waals surface area (Å²) in [7, 11) is -2.18. The number of methoxy groups -OCH3 is 1. The molecule has 0 atom stereocenters. The van der Waals surface area contributed by atoms with Gasteiger partial charge >= 0.3 is 0 Å². The molecule has 0 saturated heterocycles. The van der Waals surface area contributed by atoms with Crippen LogP contribution in [0.25, 0.3) is 4.96 Å². The first kappa shape index (κ1) is 16.7. The minimum absolute atomic E-state index is 0.00743. The number of aromatic nitrogens is 2. The van der Waals surface area contributed by atoms with Crippen LogP contribution in [0.3, 0.4) is 0 Å². The summed E-state index contributed by atoms with van der Waals surface area (Å²) in [4.78, 5) is 4.66. The summed E-state index contributed by atoms with van der Waals surface area (Å²) in [6, 6.07) is 0. The third-order valence-electron chi connectivity index (χ3n) is 2.88. The van der Waals surface area contributed by atoms with E-state index in [1.807, 2.05) is 13.8 Å². The Labute approximate surface area is 133 Å². The molecule has 2 rings (SSSR count). The fourth-order valence-corrected chi connectivity index (χ4v) is 5.00. The van der Waals surface area contributed by atoms with Gasteiger partial charge in [0.1, 0.15) is 0 Å². The molecule has 2 aromatic heterocycles. The van der Waals surface area contributed by atoms with Gasteiger partial charge in [0.15, 0.2) is 15.1 Å². The SMILES string of the molecule is COCCN(CC(C)C)S(=O)(=O)c1c(Cl)nc2sccn12. The number of rotatable bonds is 7. The number of imidazole rings is 1. The molecule has 2 aromatic rings. The van der Waals surface area contributed by atoms with Gasteiger partial charge in [0.2, 0.25) is 0 Å². The molecular weight excluding hydrogens is 334 g/mol. The van der Waals surface area contributed by atoms with Gasteiger partial charge < -0.3 is 4.74 Å². The van der Waals surface area contributed by atoms with Crippen molar-refractivity contribution >= 4 is 37.9 Å². The van der Waals surface area contributed by atoms with E-state index in [-0.39, 0.29) is 22.6 Å². The Morgan fingerprint density at radius 1 is 1.52 bits per heavy atom. The van der Waals surface area contributed by atoms with E-state index in [1.54, 1.807) is 18.7 Å². The molecule has 0 spiro atoms. The lowest BCUT2D eigenvalue weighted by Gasteiger charge is -2.23. The summed E-state index contributed by atoms with van der Waals surface area (Å²) in [5.74, 6) is 0.196. The highest BCUT2D eigenvalue weighted by Crippen LogP contribution is 2.28. The average Bonchev–Trinajstić information content (AvgIpc) is 2.92. The molecule has 2 heterocycles. The van der Waals surface area contributed by atoms with E-state index in [0.717, 1.165) is 0 Å². The Balaban J connectivity index is 2.46. The predicted octanol–water partition coefficient (Wildman–Crippen LogP) is 2.34. The molecule has 118 valence electrons. The molecule has 0 saturated carbocycles. The van der Waals surface area contributed by atoms with Crippen molar-refractivity contribution in [3.63, 3.8) is 0 Å². The van der Waals surface area contributed by atoms with Crippen LogP contribution in [0, 0.1) is 5.92 Å². The molecule has 0 aromatic carbocycles. The fraction of sp³-hybridized carbons (Fsp3) is 0.583. The number of nitrogens with zero attached hydrogens (tertiary/aromatic N) is 3. The summed E-state index contributed by atoms with van der Waals surface area (Å²) < 4.78 is 33.7. The number of sulfonamides is 1. The fourth-order valence-electron chi connectivity index (χ4n) is 2.00. The van der Waals surface area contributed by atoms with E-state index in [9.17, 15) is 8.42 Å². The van der Waals surface area contributed by atoms with E-state index in [4.69, 9.17) is 16.3 Å². The molecule has 0 N–H and O–H groups in total. The molecular formula is C12H18ClN3O3S2. The Morgan fingerprint density at radius 3 is 2.86 bits per heavy atom. The normalized spacial score (nSPS) is 12.9. The zero-order valence-corrected chi connectivity index (χ0v) is 14.5. The minimum Gasteiger partial charge on any atom is -0.383 e. The lowest BCUT2D eigenvalue weighted by atomic mass is 10.2. The Hall–Kier alpha value is -0.670. The van der Waals surface area contributed by atoms with Gasteiger partial charge in [0, 0.05) is 31.8 Å². The topological polar surface area (TPSA) is 63.9 Å². The number of fused-ring (bicyclic) bond motifs is 1. The van der Waals surface area contributed by atoms with Gasteiger partial charge in [0.25, 0.3) is 10.0 Å². The van der Waals surface area contributed by atoms with E-state index in [1.165, 1.54) is 20.0 Å². The van der Waals surface area contributed by atoms with Gasteiger partial charge in [-0.3, -0.25) is 4.40 Å². The Morgan fingerprint density at radius 2 is 2.24 bits per heavy atom. The van der Waals surface area contributed by atoms with Crippen molar-refractivity contribution in [3.05, 3.63) is 16.7 Å². The molecule has 21 heavy (non-hydrogen) atoms. The first-order valence-corrected chi connectivity index (χ1v) is 9.17. The second-order valence-corrected chi connectivity index (χ2v) is 8.10. The second-order valence-electron chi connectivity index (χ2n) is 5.01. The third-order valence-corrected chi connectivity index (χ3v) is 5.90. The van der Waals surface area contributed by atoms with Gasteiger partial charge in [-0.25, -0.2) is 13.4 Å². The zero-order chi connectivity index (χ0) is 15.6. The van der Waals surface area contributed by atoms with Crippen molar-refractivity contribution < 1.29 is 13.2 Å². The van der Waals surface area contributed by atoms with E-state index in [2.05, 4.69) is 4.98 Å². The van der Waals surface area contributed by atoms with Crippen LogP contribution >= 0.6 is 22.9 Å². The number of ether oxygens (including phenoxy) is 1. The Kier molecular flexibility index (Phi) is 5.26. The van der Waals surface area contributed by atoms with Crippen LogP contribution in [0.5, 0.6) is 0 Å². The van der Waals surface area contributed by atoms with Crippen LogP contribution in [0.15, 0.2) is 16.6 Å². The highest BCUT2D eigenvalue weighted by Gasteiger charge is 2.31. The molecule has 0 aliphatic carbocycles. The van der Waals surface area contributed by atoms with Crippen LogP contribution < -0.4 is 0 Å². The van der Waals surface area contributed by atoms with Crippen molar-refractivity contribution in [2.45, 2.75) is 18.9 Å². The lowest BCUT2D eigenvalue weighted by molar-refractivity contribution is 0.175. The maximum Gasteiger partial charge on any atom is 0.262 e. The highest BCUT2D eigenvalue weighted by molar-refractivity contribution is 7.89. The molecule has 6 nitrogen and oxygen atoms in total. The largest absolute Gasteiger partial charge is 0.383 e. The van der Waals surface area contributed by atoms with E-state index in [0.29, 0.717) is 18.1 Å². The quantitative estimate of drug-likeness (QED) is 0.768. The first-order chi connectivity index (χ1) is 9.87. The molecule has 0 amide bonds. The maximum absolute atomic E-state index is 12.9. The smallest absolute Gasteiger partial charge is 0.262 e. The van der Waals surface area contributed by atoms with Gasteiger partial charge in [-0.15, -0.1) is 11.3 Å². The molecule has 0 unspecified atom stereocenters. The minimum atomic E-state index is -3.72. The van der Waals surface area contributed by atoms with Crippen molar-refractivity contribution in [1.82, 2.24) is 13.7 Å². The van der Waals surface area contributed by atoms with Crippen molar-refractivity contribution in [2.75, 3.05) is 26.8 Å². The molecule has 0 aliphatic rings. The summed E-state index contributed by atoms with van der Waals surface area (Å²) in [6.45, 7) is 4.94. The molecule has 0 aliphatic heterocycles. The lowest BCUT2D eigenvalue weighted by Crippen LogP contribution is -2.37. The average molecular weight is 352 g/mol. The van der Waals surface area contributed by atoms with Gasteiger partial charge in [0.05, 0.1) is 6.61 Å². The van der Waals surface area contributed by atoms with Gasteiger partial charge in [-0.1, -0.05) is 25.4 Å². The van der Waals surface area contributed by atoms with Crippen molar-refractivity contribution in [1.29, 1.82) is 0 Å². The Bertz CT molecular complexity index is 708. The van der Waals surface area contributed by atoms with Gasteiger partial charge in [-0.05, 0) is 5.92 Å². The number of thiazole rings is 1. The summed E-state index contributed by atoms with van der Waals surface area (Å²) in [5.41, 5.74) is 0. The van der Waals surface area contributed by atoms with E-state index >= 15 is 0 Å². The van der Waals surface area contributed by atoms with Crippen LogP contribution in [0.2, 0.25) is 5.15 Å². The molecule has 0 fully saturated rings. The summed E-state index contributed by atoms with van der Waals surface area (Å²) in [6.07, 6.45) is 1.66. The van der Waals surface area contributed by atoms with E-state index < -0.39 is 10.0 Å².